The van der Waals surface area contributed by atoms with Gasteiger partial charge in [0.1, 0.15) is 0 Å². The van der Waals surface area contributed by atoms with Crippen molar-refractivity contribution in [2.24, 2.45) is 0 Å². The van der Waals surface area contributed by atoms with Gasteiger partial charge in [-0.05, 0) is 57.4 Å². The van der Waals surface area contributed by atoms with E-state index in [4.69, 9.17) is 10.5 Å². The molecule has 2 aromatic carbocycles. The van der Waals surface area contributed by atoms with Crippen molar-refractivity contribution in [3.8, 4) is 0 Å². The van der Waals surface area contributed by atoms with Gasteiger partial charge in [-0.25, -0.2) is 0 Å². The van der Waals surface area contributed by atoms with E-state index >= 15 is 0 Å². The van der Waals surface area contributed by atoms with E-state index in [2.05, 4.69) is 21.2 Å². The molecule has 3 rings (SSSR count). The molecule has 0 saturated heterocycles. The average Bonchev–Trinajstić information content (AvgIpc) is 2.90. The molecule has 0 aromatic heterocycles. The lowest BCUT2D eigenvalue weighted by atomic mass is 10.1. The summed E-state index contributed by atoms with van der Waals surface area (Å²) in [7, 11) is 0. The lowest BCUT2D eigenvalue weighted by molar-refractivity contribution is 0.102. The average molecular weight is 333 g/mol. The van der Waals surface area contributed by atoms with E-state index in [1.807, 2.05) is 24.3 Å². The highest BCUT2D eigenvalue weighted by Gasteiger charge is 2.15. The Morgan fingerprint density at radius 1 is 1.15 bits per heavy atom. The minimum absolute atomic E-state index is 0.161. The van der Waals surface area contributed by atoms with Crippen molar-refractivity contribution >= 4 is 33.2 Å². The van der Waals surface area contributed by atoms with Gasteiger partial charge in [0.05, 0.1) is 18.9 Å². The lowest BCUT2D eigenvalue weighted by Crippen LogP contribution is -2.13. The Bertz CT molecular complexity index is 686. The van der Waals surface area contributed by atoms with Crippen LogP contribution in [0.2, 0.25) is 0 Å². The Kier molecular flexibility index (Phi) is 3.46. The van der Waals surface area contributed by atoms with Gasteiger partial charge in [0, 0.05) is 15.7 Å². The van der Waals surface area contributed by atoms with Crippen LogP contribution in [0.1, 0.15) is 21.5 Å². The molecule has 1 heterocycles. The Hall–Kier alpha value is -1.85. The monoisotopic (exact) mass is 332 g/mol. The summed E-state index contributed by atoms with van der Waals surface area (Å²) in [5, 5.41) is 2.85. The van der Waals surface area contributed by atoms with Crippen molar-refractivity contribution in [2.45, 2.75) is 13.2 Å². The number of nitrogens with one attached hydrogen (secondary N) is 1. The molecule has 1 aliphatic rings. The molecule has 0 aliphatic carbocycles. The Balaban J connectivity index is 1.84. The number of ether oxygens (including phenoxy) is 1. The second-order valence-corrected chi connectivity index (χ2v) is 5.52. The molecule has 20 heavy (non-hydrogen) atoms. The zero-order valence-corrected chi connectivity index (χ0v) is 12.2. The number of nitrogens with two attached hydrogens (primary N) is 1. The summed E-state index contributed by atoms with van der Waals surface area (Å²) >= 11 is 3.39. The van der Waals surface area contributed by atoms with Crippen LogP contribution in [0.3, 0.4) is 0 Å². The van der Waals surface area contributed by atoms with Crippen LogP contribution in [0.5, 0.6) is 0 Å². The van der Waals surface area contributed by atoms with E-state index < -0.39 is 0 Å². The Morgan fingerprint density at radius 2 is 1.95 bits per heavy atom. The van der Waals surface area contributed by atoms with Gasteiger partial charge in [0.15, 0.2) is 0 Å². The molecule has 2 aromatic rings. The highest BCUT2D eigenvalue weighted by atomic mass is 79.9. The molecule has 0 fully saturated rings. The van der Waals surface area contributed by atoms with Crippen molar-refractivity contribution in [2.75, 3.05) is 11.1 Å². The SMILES string of the molecule is Nc1ccc(Br)c(NC(=O)c2ccc3c(c2)COC3)c1. The number of fused-ring (bicyclic) bond motifs is 1. The van der Waals surface area contributed by atoms with Crippen molar-refractivity contribution in [1.29, 1.82) is 0 Å². The summed E-state index contributed by atoms with van der Waals surface area (Å²) < 4.78 is 6.14. The van der Waals surface area contributed by atoms with Crippen LogP contribution in [0.15, 0.2) is 40.9 Å². The molecule has 0 unspecified atom stereocenters. The summed E-state index contributed by atoms with van der Waals surface area (Å²) in [5.41, 5.74) is 9.82. The number of amides is 1. The van der Waals surface area contributed by atoms with Gasteiger partial charge in [-0.3, -0.25) is 4.79 Å². The van der Waals surface area contributed by atoms with Crippen LogP contribution in [-0.4, -0.2) is 5.91 Å². The zero-order valence-electron chi connectivity index (χ0n) is 10.7. The number of rotatable bonds is 2. The molecule has 0 atom stereocenters. The maximum absolute atomic E-state index is 12.3. The quantitative estimate of drug-likeness (QED) is 0.829. The van der Waals surface area contributed by atoms with Crippen molar-refractivity contribution < 1.29 is 9.53 Å². The lowest BCUT2D eigenvalue weighted by Gasteiger charge is -2.09. The predicted molar refractivity (Wildman–Crippen MR) is 81.4 cm³/mol. The largest absolute Gasteiger partial charge is 0.399 e. The van der Waals surface area contributed by atoms with Crippen LogP contribution < -0.4 is 11.1 Å². The number of nitrogen functional groups attached to an aromatic ring is 1. The number of carbonyl (C=O) groups excluding carboxylic acids is 1. The topological polar surface area (TPSA) is 64.3 Å². The van der Waals surface area contributed by atoms with Gasteiger partial charge in [0.2, 0.25) is 0 Å². The smallest absolute Gasteiger partial charge is 0.255 e. The fourth-order valence-electron chi connectivity index (χ4n) is 2.15. The first-order valence-electron chi connectivity index (χ1n) is 6.19. The molecule has 5 heteroatoms. The Morgan fingerprint density at radius 3 is 2.80 bits per heavy atom. The number of halogens is 1. The number of carbonyl (C=O) groups is 1. The minimum Gasteiger partial charge on any atom is -0.399 e. The standard InChI is InChI=1S/C15H13BrN2O2/c16-13-4-3-12(17)6-14(13)18-15(19)9-1-2-10-7-20-8-11(10)5-9/h1-6H,7-8,17H2,(H,18,19). The summed E-state index contributed by atoms with van der Waals surface area (Å²) in [6, 6.07) is 10.9. The van der Waals surface area contributed by atoms with E-state index in [-0.39, 0.29) is 5.91 Å². The van der Waals surface area contributed by atoms with Gasteiger partial charge in [-0.2, -0.15) is 0 Å². The van der Waals surface area contributed by atoms with Crippen LogP contribution in [0.25, 0.3) is 0 Å². The minimum atomic E-state index is -0.161. The number of anilines is 2. The highest BCUT2D eigenvalue weighted by Crippen LogP contribution is 2.26. The molecule has 4 nitrogen and oxygen atoms in total. The van der Waals surface area contributed by atoms with Crippen LogP contribution >= 0.6 is 15.9 Å². The maximum Gasteiger partial charge on any atom is 0.255 e. The molecule has 102 valence electrons. The second kappa shape index (κ2) is 5.26. The summed E-state index contributed by atoms with van der Waals surface area (Å²) in [4.78, 5) is 12.3. The summed E-state index contributed by atoms with van der Waals surface area (Å²) in [5.74, 6) is -0.161. The third-order valence-electron chi connectivity index (χ3n) is 3.22. The van der Waals surface area contributed by atoms with E-state index in [1.54, 1.807) is 12.1 Å². The Labute approximate surface area is 125 Å². The number of benzene rings is 2. The third kappa shape index (κ3) is 2.55. The zero-order chi connectivity index (χ0) is 14.1. The summed E-state index contributed by atoms with van der Waals surface area (Å²) in [6.07, 6.45) is 0. The number of hydrogen-bond acceptors (Lipinski definition) is 3. The molecule has 0 saturated carbocycles. The second-order valence-electron chi connectivity index (χ2n) is 4.67. The van der Waals surface area contributed by atoms with Crippen LogP contribution in [0, 0.1) is 0 Å². The normalized spacial score (nSPS) is 13.1. The molecule has 0 bridgehead atoms. The summed E-state index contributed by atoms with van der Waals surface area (Å²) in [6.45, 7) is 1.19. The molecule has 1 amide bonds. The van der Waals surface area contributed by atoms with Gasteiger partial charge >= 0.3 is 0 Å². The first-order valence-corrected chi connectivity index (χ1v) is 6.99. The van der Waals surface area contributed by atoms with Crippen molar-refractivity contribution in [3.63, 3.8) is 0 Å². The van der Waals surface area contributed by atoms with Gasteiger partial charge in [-0.1, -0.05) is 6.07 Å². The first kappa shape index (κ1) is 13.1. The third-order valence-corrected chi connectivity index (χ3v) is 3.91. The van der Waals surface area contributed by atoms with E-state index in [9.17, 15) is 4.79 Å². The molecular weight excluding hydrogens is 320 g/mol. The molecular formula is C15H13BrN2O2. The maximum atomic E-state index is 12.3. The van der Waals surface area contributed by atoms with Gasteiger partial charge in [-0.15, -0.1) is 0 Å². The fraction of sp³-hybridized carbons (Fsp3) is 0.133. The number of hydrogen-bond donors (Lipinski definition) is 2. The van der Waals surface area contributed by atoms with E-state index in [0.29, 0.717) is 30.2 Å². The van der Waals surface area contributed by atoms with E-state index in [1.165, 1.54) is 0 Å². The fourth-order valence-corrected chi connectivity index (χ4v) is 2.49. The van der Waals surface area contributed by atoms with Crippen LogP contribution in [-0.2, 0) is 18.0 Å². The van der Waals surface area contributed by atoms with Crippen molar-refractivity contribution in [1.82, 2.24) is 0 Å². The first-order chi connectivity index (χ1) is 9.63. The molecule has 0 radical (unpaired) electrons. The molecule has 0 spiro atoms. The predicted octanol–water partition coefficient (Wildman–Crippen LogP) is 3.31. The van der Waals surface area contributed by atoms with Crippen molar-refractivity contribution in [3.05, 3.63) is 57.6 Å². The highest BCUT2D eigenvalue weighted by molar-refractivity contribution is 9.10. The molecule has 1 aliphatic heterocycles. The van der Waals surface area contributed by atoms with E-state index in [0.717, 1.165) is 15.6 Å². The van der Waals surface area contributed by atoms with Gasteiger partial charge < -0.3 is 15.8 Å². The van der Waals surface area contributed by atoms with Gasteiger partial charge in [0.25, 0.3) is 5.91 Å². The van der Waals surface area contributed by atoms with Crippen LogP contribution in [0.4, 0.5) is 11.4 Å². The molecule has 3 N–H and O–H groups in total.